The van der Waals surface area contributed by atoms with Crippen molar-refractivity contribution in [3.8, 4) is 5.75 Å². The van der Waals surface area contributed by atoms with E-state index in [0.717, 1.165) is 16.8 Å². The van der Waals surface area contributed by atoms with Crippen molar-refractivity contribution in [3.05, 3.63) is 23.3 Å². The van der Waals surface area contributed by atoms with Gasteiger partial charge in [0, 0.05) is 13.5 Å². The number of nitrogens with zero attached hydrogens (tertiary/aromatic N) is 1. The maximum absolute atomic E-state index is 12.0. The number of carbonyl (C=O) groups excluding carboxylic acids is 2. The largest absolute Gasteiger partial charge is 0.495 e. The quantitative estimate of drug-likeness (QED) is 0.851. The summed E-state index contributed by atoms with van der Waals surface area (Å²) in [5, 5.41) is 2.47. The minimum atomic E-state index is -0.201. The molecule has 0 bridgehead atoms. The molecule has 1 unspecified atom stereocenters. The van der Waals surface area contributed by atoms with E-state index in [1.165, 1.54) is 11.8 Å². The number of rotatable bonds is 3. The lowest BCUT2D eigenvalue weighted by Crippen LogP contribution is -2.32. The summed E-state index contributed by atoms with van der Waals surface area (Å²) in [4.78, 5) is 25.5. The van der Waals surface area contributed by atoms with Crippen molar-refractivity contribution < 1.29 is 14.3 Å². The number of ether oxygens (including phenoxy) is 1. The number of thioether (sulfide) groups is 1. The molecule has 7 heteroatoms. The van der Waals surface area contributed by atoms with Crippen LogP contribution in [0.15, 0.2) is 12.1 Å². The van der Waals surface area contributed by atoms with Gasteiger partial charge in [0.2, 0.25) is 11.8 Å². The average Bonchev–Trinajstić information content (AvgIpc) is 2.81. The normalized spacial score (nSPS) is 20.9. The number of hydrogen-bond donors (Lipinski definition) is 1. The molecular formula is C15H16N2O3S2. The van der Waals surface area contributed by atoms with E-state index >= 15 is 0 Å². The van der Waals surface area contributed by atoms with E-state index in [4.69, 9.17) is 17.0 Å². The van der Waals surface area contributed by atoms with Crippen LogP contribution in [-0.2, 0) is 22.4 Å². The predicted octanol–water partition coefficient (Wildman–Crippen LogP) is 1.66. The van der Waals surface area contributed by atoms with Crippen molar-refractivity contribution in [1.82, 2.24) is 5.32 Å². The van der Waals surface area contributed by atoms with Crippen LogP contribution in [0.5, 0.6) is 5.75 Å². The van der Waals surface area contributed by atoms with Gasteiger partial charge in [0.05, 0.1) is 18.0 Å². The van der Waals surface area contributed by atoms with Crippen LogP contribution in [0.4, 0.5) is 5.69 Å². The molecule has 5 nitrogen and oxygen atoms in total. The topological polar surface area (TPSA) is 58.6 Å². The molecule has 0 aliphatic carbocycles. The maximum Gasteiger partial charge on any atom is 0.239 e. The molecule has 2 amide bonds. The van der Waals surface area contributed by atoms with Gasteiger partial charge in [-0.15, -0.1) is 0 Å². The third-order valence-electron chi connectivity index (χ3n) is 4.03. The Morgan fingerprint density at radius 3 is 2.82 bits per heavy atom. The number of carbonyl (C=O) groups is 2. The van der Waals surface area contributed by atoms with E-state index in [9.17, 15) is 9.59 Å². The first kappa shape index (κ1) is 15.3. The first-order valence-corrected chi connectivity index (χ1v) is 8.27. The minimum Gasteiger partial charge on any atom is -0.495 e. The molecule has 0 saturated carbocycles. The summed E-state index contributed by atoms with van der Waals surface area (Å²) >= 11 is 6.43. The molecule has 22 heavy (non-hydrogen) atoms. The van der Waals surface area contributed by atoms with E-state index in [0.29, 0.717) is 29.3 Å². The molecule has 1 aromatic carbocycles. The number of fused-ring (bicyclic) bond motifs is 1. The molecule has 0 radical (unpaired) electrons. The van der Waals surface area contributed by atoms with Crippen LogP contribution in [0, 0.1) is 0 Å². The van der Waals surface area contributed by atoms with Gasteiger partial charge < -0.3 is 15.0 Å². The molecule has 0 aromatic heterocycles. The second-order valence-electron chi connectivity index (χ2n) is 5.29. The molecule has 0 spiro atoms. The molecule has 116 valence electrons. The summed E-state index contributed by atoms with van der Waals surface area (Å²) in [5.74, 6) is 0.727. The lowest BCUT2D eigenvalue weighted by Gasteiger charge is -2.29. The van der Waals surface area contributed by atoms with Crippen LogP contribution >= 0.6 is 24.0 Å². The van der Waals surface area contributed by atoms with Gasteiger partial charge in [-0.1, -0.05) is 30.0 Å². The molecule has 1 aromatic rings. The highest BCUT2D eigenvalue weighted by molar-refractivity contribution is 8.24. The smallest absolute Gasteiger partial charge is 0.239 e. The van der Waals surface area contributed by atoms with Crippen LogP contribution < -0.4 is 15.0 Å². The Morgan fingerprint density at radius 1 is 1.41 bits per heavy atom. The van der Waals surface area contributed by atoms with Crippen molar-refractivity contribution in [3.63, 3.8) is 0 Å². The fourth-order valence-electron chi connectivity index (χ4n) is 2.91. The van der Waals surface area contributed by atoms with Gasteiger partial charge in [-0.05, 0) is 30.0 Å². The first-order chi connectivity index (χ1) is 10.5. The van der Waals surface area contributed by atoms with Crippen LogP contribution in [-0.4, -0.2) is 35.5 Å². The lowest BCUT2D eigenvalue weighted by molar-refractivity contribution is -0.119. The van der Waals surface area contributed by atoms with Gasteiger partial charge in [0.15, 0.2) is 0 Å². The fourth-order valence-corrected chi connectivity index (χ4v) is 4.21. The van der Waals surface area contributed by atoms with E-state index in [-0.39, 0.29) is 17.1 Å². The van der Waals surface area contributed by atoms with Crippen molar-refractivity contribution >= 4 is 45.8 Å². The third kappa shape index (κ3) is 2.59. The Balaban J connectivity index is 1.98. The second kappa shape index (κ2) is 5.89. The highest BCUT2D eigenvalue weighted by Gasteiger charge is 2.32. The highest BCUT2D eigenvalue weighted by Crippen LogP contribution is 2.39. The summed E-state index contributed by atoms with van der Waals surface area (Å²) in [6, 6.07) is 3.84. The number of hydrogen-bond acceptors (Lipinski definition) is 5. The Labute approximate surface area is 138 Å². The molecule has 1 saturated heterocycles. The molecule has 2 aliphatic heterocycles. The van der Waals surface area contributed by atoms with Crippen molar-refractivity contribution in [1.29, 1.82) is 0 Å². The summed E-state index contributed by atoms with van der Waals surface area (Å²) in [7, 11) is 3.36. The van der Waals surface area contributed by atoms with Gasteiger partial charge >= 0.3 is 0 Å². The van der Waals surface area contributed by atoms with E-state index < -0.39 is 0 Å². The number of nitrogens with one attached hydrogen (secondary N) is 1. The molecule has 2 aliphatic rings. The Morgan fingerprint density at radius 2 is 2.18 bits per heavy atom. The zero-order valence-corrected chi connectivity index (χ0v) is 14.0. The molecule has 2 heterocycles. The Bertz CT molecular complexity index is 675. The van der Waals surface area contributed by atoms with Gasteiger partial charge in [-0.25, -0.2) is 0 Å². The minimum absolute atomic E-state index is 0.0418. The SMILES string of the molecule is COc1ccc(CC2SC(=S)NC2=O)c2c1N(C)C(=O)CC2. The number of methoxy groups -OCH3 is 1. The van der Waals surface area contributed by atoms with Crippen LogP contribution in [0.2, 0.25) is 0 Å². The predicted molar refractivity (Wildman–Crippen MR) is 90.5 cm³/mol. The number of thiocarbonyl (C=S) groups is 1. The second-order valence-corrected chi connectivity index (χ2v) is 7.17. The highest BCUT2D eigenvalue weighted by atomic mass is 32.2. The summed E-state index contributed by atoms with van der Waals surface area (Å²) in [6.07, 6.45) is 1.76. The zero-order valence-electron chi connectivity index (χ0n) is 12.3. The molecule has 1 fully saturated rings. The van der Waals surface area contributed by atoms with Crippen molar-refractivity contribution in [2.24, 2.45) is 0 Å². The molecular weight excluding hydrogens is 320 g/mol. The van der Waals surface area contributed by atoms with Crippen molar-refractivity contribution in [2.45, 2.75) is 24.5 Å². The zero-order chi connectivity index (χ0) is 15.9. The van der Waals surface area contributed by atoms with E-state index in [2.05, 4.69) is 5.32 Å². The monoisotopic (exact) mass is 336 g/mol. The number of benzene rings is 1. The van der Waals surface area contributed by atoms with E-state index in [1.54, 1.807) is 19.1 Å². The van der Waals surface area contributed by atoms with Gasteiger partial charge in [0.1, 0.15) is 10.1 Å². The summed E-state index contributed by atoms with van der Waals surface area (Å²) in [6.45, 7) is 0. The standard InChI is InChI=1S/C15H16N2O3S2/c1-17-12(18)6-4-9-8(3-5-10(20-2)13(9)17)7-11-14(19)16-15(21)22-11/h3,5,11H,4,6-7H2,1-2H3,(H,16,19,21). The summed E-state index contributed by atoms with van der Waals surface area (Å²) < 4.78 is 5.93. The third-order valence-corrected chi connectivity index (χ3v) is 5.41. The van der Waals surface area contributed by atoms with Gasteiger partial charge in [-0.3, -0.25) is 9.59 Å². The van der Waals surface area contributed by atoms with Crippen LogP contribution in [0.1, 0.15) is 17.5 Å². The molecule has 1 atom stereocenters. The Hall–Kier alpha value is -1.60. The average molecular weight is 336 g/mol. The van der Waals surface area contributed by atoms with Crippen LogP contribution in [0.25, 0.3) is 0 Å². The molecule has 3 rings (SSSR count). The number of anilines is 1. The van der Waals surface area contributed by atoms with Crippen LogP contribution in [0.3, 0.4) is 0 Å². The van der Waals surface area contributed by atoms with E-state index in [1.807, 2.05) is 12.1 Å². The van der Waals surface area contributed by atoms with Gasteiger partial charge in [-0.2, -0.15) is 0 Å². The maximum atomic E-state index is 12.0. The Kier molecular flexibility index (Phi) is 4.10. The fraction of sp³-hybridized carbons (Fsp3) is 0.400. The van der Waals surface area contributed by atoms with Crippen molar-refractivity contribution in [2.75, 3.05) is 19.1 Å². The lowest BCUT2D eigenvalue weighted by atomic mass is 9.93. The molecule has 1 N–H and O–H groups in total. The first-order valence-electron chi connectivity index (χ1n) is 6.98. The summed E-state index contributed by atoms with van der Waals surface area (Å²) in [5.41, 5.74) is 2.99. The van der Waals surface area contributed by atoms with Gasteiger partial charge in [0.25, 0.3) is 0 Å². The number of amides is 2.